The standard InChI is InChI=1S/C27H18N4O3S/c32-24-20(15-17-9-3-1-4-10-17)29-31-26(34)23(35-27(31)28-24)22-19-13-7-8-14-21(19)30(25(22)33)16-18-11-5-2-6-12-18/h1-14H,15-16H2. The van der Waals surface area contributed by atoms with E-state index >= 15 is 0 Å². The van der Waals surface area contributed by atoms with Crippen LogP contribution < -0.4 is 20.6 Å². The quantitative estimate of drug-likeness (QED) is 0.396. The van der Waals surface area contributed by atoms with Crippen molar-refractivity contribution < 1.29 is 4.79 Å². The van der Waals surface area contributed by atoms with Gasteiger partial charge < -0.3 is 4.90 Å². The number of nitrogens with zero attached hydrogens (tertiary/aromatic N) is 4. The second-order valence-corrected chi connectivity index (χ2v) is 9.20. The third kappa shape index (κ3) is 3.64. The maximum atomic E-state index is 13.6. The zero-order valence-corrected chi connectivity index (χ0v) is 19.2. The number of fused-ring (bicyclic) bond motifs is 2. The van der Waals surface area contributed by atoms with Crippen LogP contribution in [0.3, 0.4) is 0 Å². The molecule has 0 unspecified atom stereocenters. The normalized spacial score (nSPS) is 14.5. The van der Waals surface area contributed by atoms with E-state index in [1.807, 2.05) is 84.9 Å². The van der Waals surface area contributed by atoms with Crippen LogP contribution in [0.15, 0.2) is 94.5 Å². The number of carbonyl (C=O) groups is 1. The molecule has 2 aromatic heterocycles. The zero-order chi connectivity index (χ0) is 23.9. The predicted octanol–water partition coefficient (Wildman–Crippen LogP) is 2.57. The SMILES string of the molecule is O=C1C(=c2sc3nc(=O)c(Cc4ccccc4)nn3c2=O)c2ccccc2N1Cc1ccccc1. The first kappa shape index (κ1) is 21.1. The summed E-state index contributed by atoms with van der Waals surface area (Å²) in [5, 5.41) is 4.33. The number of thiazole rings is 1. The Morgan fingerprint density at radius 1 is 0.771 bits per heavy atom. The molecule has 0 saturated carbocycles. The van der Waals surface area contributed by atoms with Crippen LogP contribution in [0.1, 0.15) is 22.4 Å². The first-order valence-corrected chi connectivity index (χ1v) is 11.9. The van der Waals surface area contributed by atoms with Gasteiger partial charge in [0.15, 0.2) is 0 Å². The average molecular weight is 479 g/mol. The molecule has 8 heteroatoms. The Balaban J connectivity index is 1.51. The van der Waals surface area contributed by atoms with Gasteiger partial charge in [-0.15, -0.1) is 0 Å². The fourth-order valence-corrected chi connectivity index (χ4v) is 5.31. The summed E-state index contributed by atoms with van der Waals surface area (Å²) >= 11 is 1.02. The lowest BCUT2D eigenvalue weighted by Gasteiger charge is -2.17. The second kappa shape index (κ2) is 8.41. The molecule has 0 fully saturated rings. The molecule has 6 rings (SSSR count). The van der Waals surface area contributed by atoms with Crippen molar-refractivity contribution in [3.05, 3.63) is 133 Å². The maximum absolute atomic E-state index is 13.6. The van der Waals surface area contributed by atoms with Crippen molar-refractivity contribution in [3.8, 4) is 0 Å². The fourth-order valence-electron chi connectivity index (χ4n) is 4.32. The van der Waals surface area contributed by atoms with Gasteiger partial charge in [0.2, 0.25) is 4.96 Å². The topological polar surface area (TPSA) is 84.6 Å². The largest absolute Gasteiger partial charge is 0.303 e. The smallest absolute Gasteiger partial charge is 0.296 e. The number of hydrogen-bond acceptors (Lipinski definition) is 6. The summed E-state index contributed by atoms with van der Waals surface area (Å²) in [6.45, 7) is 0.384. The first-order valence-electron chi connectivity index (χ1n) is 11.1. The highest BCUT2D eigenvalue weighted by molar-refractivity contribution is 7.15. The summed E-state index contributed by atoms with van der Waals surface area (Å²) in [4.78, 5) is 45.6. The van der Waals surface area contributed by atoms with Gasteiger partial charge in [-0.25, -0.2) is 0 Å². The number of rotatable bonds is 4. The lowest BCUT2D eigenvalue weighted by atomic mass is 10.1. The molecule has 7 nitrogen and oxygen atoms in total. The van der Waals surface area contributed by atoms with Crippen LogP contribution in [0.5, 0.6) is 0 Å². The summed E-state index contributed by atoms with van der Waals surface area (Å²) in [6.07, 6.45) is 0.267. The van der Waals surface area contributed by atoms with Crippen molar-refractivity contribution in [3.63, 3.8) is 0 Å². The molecule has 0 spiro atoms. The maximum Gasteiger partial charge on any atom is 0.296 e. The highest BCUT2D eigenvalue weighted by Crippen LogP contribution is 2.36. The van der Waals surface area contributed by atoms with Crippen molar-refractivity contribution in [2.75, 3.05) is 4.90 Å². The molecule has 0 atom stereocenters. The van der Waals surface area contributed by atoms with Crippen LogP contribution in [0.2, 0.25) is 0 Å². The van der Waals surface area contributed by atoms with Gasteiger partial charge in [-0.1, -0.05) is 90.2 Å². The molecule has 3 heterocycles. The molecule has 0 radical (unpaired) electrons. The van der Waals surface area contributed by atoms with Gasteiger partial charge in [0.1, 0.15) is 10.2 Å². The molecule has 3 aromatic carbocycles. The number of anilines is 1. The van der Waals surface area contributed by atoms with E-state index in [-0.39, 0.29) is 27.5 Å². The zero-order valence-electron chi connectivity index (χ0n) is 18.4. The third-order valence-corrected chi connectivity index (χ3v) is 7.00. The van der Waals surface area contributed by atoms with E-state index in [1.165, 1.54) is 0 Å². The molecule has 0 bridgehead atoms. The lowest BCUT2D eigenvalue weighted by Crippen LogP contribution is -2.33. The Morgan fingerprint density at radius 3 is 2.17 bits per heavy atom. The van der Waals surface area contributed by atoms with E-state index < -0.39 is 11.1 Å². The Bertz CT molecular complexity index is 1760. The van der Waals surface area contributed by atoms with Gasteiger partial charge in [0.05, 0.1) is 17.8 Å². The predicted molar refractivity (Wildman–Crippen MR) is 134 cm³/mol. The van der Waals surface area contributed by atoms with Gasteiger partial charge in [0.25, 0.3) is 17.0 Å². The number of para-hydroxylation sites is 1. The van der Waals surface area contributed by atoms with Crippen molar-refractivity contribution in [2.45, 2.75) is 13.0 Å². The van der Waals surface area contributed by atoms with E-state index in [0.29, 0.717) is 17.7 Å². The molecule has 0 saturated heterocycles. The van der Waals surface area contributed by atoms with Crippen LogP contribution in [0, 0.1) is 0 Å². The second-order valence-electron chi connectivity index (χ2n) is 8.23. The summed E-state index contributed by atoms with van der Waals surface area (Å²) in [5.74, 6) is -0.258. The summed E-state index contributed by atoms with van der Waals surface area (Å²) in [5.41, 5.74) is 2.88. The minimum absolute atomic E-state index is 0.172. The van der Waals surface area contributed by atoms with Gasteiger partial charge in [-0.05, 0) is 17.2 Å². The van der Waals surface area contributed by atoms with Crippen LogP contribution >= 0.6 is 11.3 Å². The number of hydrogen-bond donors (Lipinski definition) is 0. The lowest BCUT2D eigenvalue weighted by molar-refractivity contribution is -0.113. The monoisotopic (exact) mass is 478 g/mol. The van der Waals surface area contributed by atoms with E-state index in [0.717, 1.165) is 32.7 Å². The molecule has 1 amide bonds. The molecule has 0 N–H and O–H groups in total. The highest BCUT2D eigenvalue weighted by atomic mass is 32.1. The minimum atomic E-state index is -0.476. The van der Waals surface area contributed by atoms with Gasteiger partial charge in [-0.2, -0.15) is 14.6 Å². The Kier molecular flexibility index (Phi) is 5.08. The Labute approximate surface area is 203 Å². The summed E-state index contributed by atoms with van der Waals surface area (Å²) in [6, 6.07) is 26.5. The molecule has 35 heavy (non-hydrogen) atoms. The highest BCUT2D eigenvalue weighted by Gasteiger charge is 2.34. The van der Waals surface area contributed by atoms with Crippen molar-refractivity contribution in [1.29, 1.82) is 0 Å². The van der Waals surface area contributed by atoms with E-state index in [4.69, 9.17) is 0 Å². The van der Waals surface area contributed by atoms with E-state index in [1.54, 1.807) is 4.90 Å². The molecule has 170 valence electrons. The Hall–Kier alpha value is -4.43. The van der Waals surface area contributed by atoms with Crippen molar-refractivity contribution in [2.24, 2.45) is 0 Å². The van der Waals surface area contributed by atoms with Crippen LogP contribution in [-0.2, 0) is 17.8 Å². The molecule has 1 aliphatic heterocycles. The summed E-state index contributed by atoms with van der Waals surface area (Å²) < 4.78 is 1.37. The molecule has 5 aromatic rings. The van der Waals surface area contributed by atoms with E-state index in [9.17, 15) is 14.4 Å². The third-order valence-electron chi connectivity index (χ3n) is 5.97. The van der Waals surface area contributed by atoms with Gasteiger partial charge in [0, 0.05) is 12.0 Å². The van der Waals surface area contributed by atoms with Gasteiger partial charge >= 0.3 is 0 Å². The summed E-state index contributed by atoms with van der Waals surface area (Å²) in [7, 11) is 0. The molecular weight excluding hydrogens is 460 g/mol. The number of aromatic nitrogens is 3. The van der Waals surface area contributed by atoms with Crippen LogP contribution in [0.25, 0.3) is 10.5 Å². The number of amides is 1. The first-order chi connectivity index (χ1) is 17.1. The van der Waals surface area contributed by atoms with Crippen LogP contribution in [0.4, 0.5) is 5.69 Å². The number of carbonyl (C=O) groups excluding carboxylic acids is 1. The fraction of sp³-hybridized carbons (Fsp3) is 0.0741. The molecule has 1 aliphatic rings. The average Bonchev–Trinajstić information content (AvgIpc) is 3.33. The Morgan fingerprint density at radius 2 is 1.43 bits per heavy atom. The minimum Gasteiger partial charge on any atom is -0.303 e. The van der Waals surface area contributed by atoms with Gasteiger partial charge in [-0.3, -0.25) is 14.4 Å². The molecular formula is C27H18N4O3S. The van der Waals surface area contributed by atoms with Crippen LogP contribution in [-0.4, -0.2) is 20.5 Å². The number of benzene rings is 3. The van der Waals surface area contributed by atoms with Crippen molar-refractivity contribution >= 4 is 33.5 Å². The molecule has 0 aliphatic carbocycles. The van der Waals surface area contributed by atoms with E-state index in [2.05, 4.69) is 10.1 Å². The van der Waals surface area contributed by atoms with Crippen molar-refractivity contribution in [1.82, 2.24) is 14.6 Å².